The summed E-state index contributed by atoms with van der Waals surface area (Å²) in [6, 6.07) is 9.63. The van der Waals surface area contributed by atoms with Crippen LogP contribution >= 0.6 is 0 Å². The molecule has 3 unspecified atom stereocenters. The average molecular weight is 190 g/mol. The van der Waals surface area contributed by atoms with Gasteiger partial charge in [-0.2, -0.15) is 0 Å². The molecule has 3 nitrogen and oxygen atoms in total. The Bertz CT molecular complexity index is 336. The molecule has 1 aliphatic rings. The minimum Gasteiger partial charge on any atom is -0.368 e. The van der Waals surface area contributed by atoms with Crippen molar-refractivity contribution in [1.82, 2.24) is 0 Å². The minimum absolute atomic E-state index is 0.245. The molecule has 1 amide bonds. The van der Waals surface area contributed by atoms with Crippen molar-refractivity contribution in [1.29, 1.82) is 0 Å². The van der Waals surface area contributed by atoms with E-state index in [1.54, 1.807) is 0 Å². The van der Waals surface area contributed by atoms with Crippen molar-refractivity contribution in [2.24, 2.45) is 17.4 Å². The van der Waals surface area contributed by atoms with Crippen LogP contribution in [0.15, 0.2) is 30.3 Å². The van der Waals surface area contributed by atoms with Gasteiger partial charge in [0.15, 0.2) is 0 Å². The van der Waals surface area contributed by atoms with E-state index in [1.165, 1.54) is 5.56 Å². The number of hydrogen-bond donors (Lipinski definition) is 2. The summed E-state index contributed by atoms with van der Waals surface area (Å²) in [7, 11) is 0. The number of benzene rings is 1. The number of rotatable bonds is 3. The van der Waals surface area contributed by atoms with E-state index in [1.807, 2.05) is 18.2 Å². The summed E-state index contributed by atoms with van der Waals surface area (Å²) >= 11 is 0. The van der Waals surface area contributed by atoms with E-state index >= 15 is 0 Å². The Morgan fingerprint density at radius 3 is 2.57 bits per heavy atom. The van der Waals surface area contributed by atoms with Crippen molar-refractivity contribution in [3.8, 4) is 0 Å². The number of hydrogen-bond acceptors (Lipinski definition) is 2. The minimum atomic E-state index is -0.486. The molecule has 0 saturated heterocycles. The molecule has 74 valence electrons. The third kappa shape index (κ3) is 1.63. The second kappa shape index (κ2) is 3.42. The van der Waals surface area contributed by atoms with Gasteiger partial charge in [0.2, 0.25) is 5.91 Å². The number of carbonyl (C=O) groups is 1. The van der Waals surface area contributed by atoms with Crippen LogP contribution in [-0.4, -0.2) is 11.9 Å². The van der Waals surface area contributed by atoms with E-state index in [4.69, 9.17) is 11.5 Å². The molecule has 0 radical (unpaired) electrons. The molecule has 0 heterocycles. The SMILES string of the molecule is NC(=O)C(N)C1CC1c1ccccc1. The molecule has 1 aromatic carbocycles. The summed E-state index contributed by atoms with van der Waals surface area (Å²) in [6.45, 7) is 0. The van der Waals surface area contributed by atoms with E-state index in [-0.39, 0.29) is 5.92 Å². The fraction of sp³-hybridized carbons (Fsp3) is 0.364. The molecule has 4 N–H and O–H groups in total. The molecule has 3 atom stereocenters. The molecule has 1 saturated carbocycles. The Labute approximate surface area is 83.1 Å². The number of nitrogens with two attached hydrogens (primary N) is 2. The highest BCUT2D eigenvalue weighted by Gasteiger charge is 2.44. The van der Waals surface area contributed by atoms with Gasteiger partial charge >= 0.3 is 0 Å². The predicted molar refractivity (Wildman–Crippen MR) is 54.5 cm³/mol. The quantitative estimate of drug-likeness (QED) is 0.733. The van der Waals surface area contributed by atoms with Gasteiger partial charge in [-0.3, -0.25) is 4.79 Å². The van der Waals surface area contributed by atoms with E-state index in [0.717, 1.165) is 6.42 Å². The van der Waals surface area contributed by atoms with Gasteiger partial charge in [0.25, 0.3) is 0 Å². The van der Waals surface area contributed by atoms with E-state index in [9.17, 15) is 4.79 Å². The van der Waals surface area contributed by atoms with Crippen LogP contribution in [-0.2, 0) is 4.79 Å². The fourth-order valence-electron chi connectivity index (χ4n) is 1.91. The number of primary amides is 1. The lowest BCUT2D eigenvalue weighted by molar-refractivity contribution is -0.119. The van der Waals surface area contributed by atoms with Gasteiger partial charge < -0.3 is 11.5 Å². The first kappa shape index (κ1) is 9.21. The first-order valence-electron chi connectivity index (χ1n) is 4.80. The Hall–Kier alpha value is -1.35. The molecule has 1 aliphatic carbocycles. The highest BCUT2D eigenvalue weighted by atomic mass is 16.1. The Balaban J connectivity index is 2.03. The lowest BCUT2D eigenvalue weighted by Gasteiger charge is -2.05. The number of carbonyl (C=O) groups excluding carboxylic acids is 1. The van der Waals surface area contributed by atoms with Crippen LogP contribution < -0.4 is 11.5 Å². The Kier molecular flexibility index (Phi) is 2.25. The molecule has 0 bridgehead atoms. The van der Waals surface area contributed by atoms with Crippen LogP contribution in [0.5, 0.6) is 0 Å². The maximum Gasteiger partial charge on any atom is 0.234 e. The molecule has 0 aromatic heterocycles. The van der Waals surface area contributed by atoms with Crippen LogP contribution in [0.1, 0.15) is 17.9 Å². The van der Waals surface area contributed by atoms with Crippen LogP contribution in [0, 0.1) is 5.92 Å². The highest BCUT2D eigenvalue weighted by Crippen LogP contribution is 2.48. The normalized spacial score (nSPS) is 26.9. The van der Waals surface area contributed by atoms with Crippen molar-refractivity contribution in [3.63, 3.8) is 0 Å². The monoisotopic (exact) mass is 190 g/mol. The van der Waals surface area contributed by atoms with Gasteiger partial charge in [0.05, 0.1) is 6.04 Å². The van der Waals surface area contributed by atoms with Crippen LogP contribution in [0.3, 0.4) is 0 Å². The van der Waals surface area contributed by atoms with Gasteiger partial charge in [-0.05, 0) is 23.8 Å². The van der Waals surface area contributed by atoms with Crippen molar-refractivity contribution in [2.45, 2.75) is 18.4 Å². The maximum atomic E-state index is 10.9. The molecule has 1 fully saturated rings. The lowest BCUT2D eigenvalue weighted by atomic mass is 10.1. The second-order valence-electron chi connectivity index (χ2n) is 3.84. The zero-order chi connectivity index (χ0) is 10.1. The third-order valence-corrected chi connectivity index (χ3v) is 2.86. The molecule has 2 rings (SSSR count). The molecular formula is C11H14N2O. The predicted octanol–water partition coefficient (Wildman–Crippen LogP) is 0.603. The molecule has 3 heteroatoms. The maximum absolute atomic E-state index is 10.9. The summed E-state index contributed by atoms with van der Waals surface area (Å²) in [6.07, 6.45) is 0.980. The molecule has 1 aromatic rings. The van der Waals surface area contributed by atoms with Crippen molar-refractivity contribution < 1.29 is 4.79 Å². The summed E-state index contributed by atoms with van der Waals surface area (Å²) in [5.74, 6) is 0.280. The van der Waals surface area contributed by atoms with E-state index < -0.39 is 11.9 Å². The molecule has 0 spiro atoms. The van der Waals surface area contributed by atoms with Gasteiger partial charge in [-0.1, -0.05) is 30.3 Å². The van der Waals surface area contributed by atoms with Crippen molar-refractivity contribution >= 4 is 5.91 Å². The summed E-state index contributed by atoms with van der Waals surface area (Å²) in [5, 5.41) is 0. The lowest BCUT2D eigenvalue weighted by Crippen LogP contribution is -2.38. The van der Waals surface area contributed by atoms with Crippen LogP contribution in [0.25, 0.3) is 0 Å². The van der Waals surface area contributed by atoms with Crippen LogP contribution in [0.2, 0.25) is 0 Å². The van der Waals surface area contributed by atoms with E-state index in [0.29, 0.717) is 5.92 Å². The fourth-order valence-corrected chi connectivity index (χ4v) is 1.91. The topological polar surface area (TPSA) is 69.1 Å². The first-order valence-corrected chi connectivity index (χ1v) is 4.80. The largest absolute Gasteiger partial charge is 0.368 e. The Morgan fingerprint density at radius 2 is 2.00 bits per heavy atom. The first-order chi connectivity index (χ1) is 6.70. The zero-order valence-corrected chi connectivity index (χ0v) is 7.89. The highest BCUT2D eigenvalue weighted by molar-refractivity contribution is 5.80. The molecule has 0 aliphatic heterocycles. The van der Waals surface area contributed by atoms with Gasteiger partial charge in [0.1, 0.15) is 0 Å². The van der Waals surface area contributed by atoms with Gasteiger partial charge in [0, 0.05) is 0 Å². The van der Waals surface area contributed by atoms with E-state index in [2.05, 4.69) is 12.1 Å². The van der Waals surface area contributed by atoms with Crippen molar-refractivity contribution in [3.05, 3.63) is 35.9 Å². The molecular weight excluding hydrogens is 176 g/mol. The smallest absolute Gasteiger partial charge is 0.234 e. The third-order valence-electron chi connectivity index (χ3n) is 2.86. The number of amides is 1. The van der Waals surface area contributed by atoms with Gasteiger partial charge in [-0.15, -0.1) is 0 Å². The van der Waals surface area contributed by atoms with Crippen LogP contribution in [0.4, 0.5) is 0 Å². The Morgan fingerprint density at radius 1 is 1.36 bits per heavy atom. The molecule has 14 heavy (non-hydrogen) atoms. The average Bonchev–Trinajstić information content (AvgIpc) is 2.97. The van der Waals surface area contributed by atoms with Gasteiger partial charge in [-0.25, -0.2) is 0 Å². The second-order valence-corrected chi connectivity index (χ2v) is 3.84. The summed E-state index contributed by atoms with van der Waals surface area (Å²) < 4.78 is 0. The summed E-state index contributed by atoms with van der Waals surface area (Å²) in [4.78, 5) is 10.9. The summed E-state index contributed by atoms with van der Waals surface area (Å²) in [5.41, 5.74) is 12.1. The zero-order valence-electron chi connectivity index (χ0n) is 7.89. The van der Waals surface area contributed by atoms with Crippen molar-refractivity contribution in [2.75, 3.05) is 0 Å². The standard InChI is InChI=1S/C11H14N2O/c12-10(11(13)14)9-6-8(9)7-4-2-1-3-5-7/h1-5,8-10H,6,12H2,(H2,13,14).